The second-order valence-corrected chi connectivity index (χ2v) is 5.57. The summed E-state index contributed by atoms with van der Waals surface area (Å²) in [6.07, 6.45) is 0.417. The van der Waals surface area contributed by atoms with E-state index in [0.717, 1.165) is 31.7 Å². The molecule has 0 spiro atoms. The number of phenols is 1. The largest absolute Gasteiger partial charge is 0.503 e. The van der Waals surface area contributed by atoms with Gasteiger partial charge in [0.25, 0.3) is 0 Å². The molecule has 1 aromatic rings. The van der Waals surface area contributed by atoms with Gasteiger partial charge in [-0.3, -0.25) is 4.90 Å². The lowest BCUT2D eigenvalue weighted by molar-refractivity contribution is 0.175. The lowest BCUT2D eigenvalue weighted by Gasteiger charge is -2.34. The number of aromatic hydroxyl groups is 1. The van der Waals surface area contributed by atoms with Gasteiger partial charge in [-0.15, -0.1) is 24.8 Å². The number of piperazine rings is 1. The summed E-state index contributed by atoms with van der Waals surface area (Å²) in [5.74, 6) is 0.514. The van der Waals surface area contributed by atoms with Crippen molar-refractivity contribution in [2.45, 2.75) is 12.5 Å². The Morgan fingerprint density at radius 3 is 2.59 bits per heavy atom. The Hall–Kier alpha value is -0.710. The summed E-state index contributed by atoms with van der Waals surface area (Å²) in [6.45, 7) is 3.68. The van der Waals surface area contributed by atoms with Crippen LogP contribution >= 0.6 is 40.7 Å². The fourth-order valence-corrected chi connectivity index (χ4v) is 2.94. The maximum absolute atomic E-state index is 9.88. The standard InChI is InChI=1S/C14H18BrN3O2.2ClH/c1-20-13-9-10(8-11(15)14(13)19)12(2-3-16)18-6-4-17-5-7-18;;/h8-9,12,17,19H,2,4-7H2,1H3;2*1H/t12-;;/m1../s1. The molecule has 0 aromatic heterocycles. The second kappa shape index (κ2) is 10.1. The molecule has 0 amide bonds. The van der Waals surface area contributed by atoms with Crippen LogP contribution in [0.3, 0.4) is 0 Å². The average molecular weight is 413 g/mol. The predicted molar refractivity (Wildman–Crippen MR) is 94.3 cm³/mol. The van der Waals surface area contributed by atoms with Gasteiger partial charge in [-0.05, 0) is 33.6 Å². The molecule has 5 nitrogen and oxygen atoms in total. The van der Waals surface area contributed by atoms with E-state index in [1.807, 2.05) is 12.1 Å². The molecule has 0 radical (unpaired) electrons. The first-order chi connectivity index (χ1) is 9.67. The minimum atomic E-state index is 0. The number of rotatable bonds is 4. The normalized spacial score (nSPS) is 15.9. The number of methoxy groups -OCH3 is 1. The Kier molecular flexibility index (Phi) is 9.81. The van der Waals surface area contributed by atoms with Crippen LogP contribution in [-0.2, 0) is 0 Å². The molecule has 2 N–H and O–H groups in total. The van der Waals surface area contributed by atoms with E-state index in [4.69, 9.17) is 10.00 Å². The van der Waals surface area contributed by atoms with Crippen molar-refractivity contribution in [2.24, 2.45) is 0 Å². The summed E-state index contributed by atoms with van der Waals surface area (Å²) in [6, 6.07) is 5.95. The number of phenolic OH excluding ortho intramolecular Hbond substituents is 1. The van der Waals surface area contributed by atoms with Crippen molar-refractivity contribution in [2.75, 3.05) is 33.3 Å². The highest BCUT2D eigenvalue weighted by atomic mass is 79.9. The summed E-state index contributed by atoms with van der Waals surface area (Å²) < 4.78 is 5.78. The monoisotopic (exact) mass is 411 g/mol. The quantitative estimate of drug-likeness (QED) is 0.795. The summed E-state index contributed by atoms with van der Waals surface area (Å²) in [4.78, 5) is 2.29. The second-order valence-electron chi connectivity index (χ2n) is 4.72. The number of nitriles is 1. The van der Waals surface area contributed by atoms with E-state index in [9.17, 15) is 5.11 Å². The molecule has 0 unspecified atom stereocenters. The van der Waals surface area contributed by atoms with Crippen molar-refractivity contribution in [1.82, 2.24) is 10.2 Å². The molecular weight excluding hydrogens is 393 g/mol. The van der Waals surface area contributed by atoms with Crippen LogP contribution in [0.15, 0.2) is 16.6 Å². The summed E-state index contributed by atoms with van der Waals surface area (Å²) in [7, 11) is 1.52. The molecule has 124 valence electrons. The summed E-state index contributed by atoms with van der Waals surface area (Å²) >= 11 is 3.34. The van der Waals surface area contributed by atoms with E-state index in [1.165, 1.54) is 7.11 Å². The smallest absolute Gasteiger partial charge is 0.172 e. The van der Waals surface area contributed by atoms with Crippen molar-refractivity contribution in [3.63, 3.8) is 0 Å². The summed E-state index contributed by atoms with van der Waals surface area (Å²) in [5.41, 5.74) is 0.981. The first-order valence-electron chi connectivity index (χ1n) is 6.55. The molecule has 22 heavy (non-hydrogen) atoms. The van der Waals surface area contributed by atoms with Gasteiger partial charge in [-0.2, -0.15) is 5.26 Å². The number of nitrogens with zero attached hydrogens (tertiary/aromatic N) is 2. The molecule has 1 aliphatic rings. The van der Waals surface area contributed by atoms with Crippen molar-refractivity contribution in [1.29, 1.82) is 5.26 Å². The highest BCUT2D eigenvalue weighted by Crippen LogP contribution is 2.38. The number of benzene rings is 1. The third kappa shape index (κ3) is 4.90. The molecule has 1 aromatic carbocycles. The number of hydrogen-bond acceptors (Lipinski definition) is 5. The Morgan fingerprint density at radius 1 is 1.41 bits per heavy atom. The van der Waals surface area contributed by atoms with Crippen LogP contribution in [-0.4, -0.2) is 43.3 Å². The molecule has 1 heterocycles. The van der Waals surface area contributed by atoms with Crippen molar-refractivity contribution < 1.29 is 9.84 Å². The molecule has 1 saturated heterocycles. The maximum Gasteiger partial charge on any atom is 0.172 e. The highest BCUT2D eigenvalue weighted by molar-refractivity contribution is 9.10. The molecule has 0 aliphatic carbocycles. The van der Waals surface area contributed by atoms with Crippen molar-refractivity contribution in [3.8, 4) is 17.6 Å². The van der Waals surface area contributed by atoms with Crippen molar-refractivity contribution in [3.05, 3.63) is 22.2 Å². The van der Waals surface area contributed by atoms with E-state index in [2.05, 4.69) is 32.2 Å². The van der Waals surface area contributed by atoms with E-state index in [1.54, 1.807) is 0 Å². The first-order valence-corrected chi connectivity index (χ1v) is 7.34. The predicted octanol–water partition coefficient (Wildman–Crippen LogP) is 2.87. The fraction of sp³-hybridized carbons (Fsp3) is 0.500. The molecular formula is C14H20BrCl2N3O2. The zero-order valence-corrected chi connectivity index (χ0v) is 15.4. The topological polar surface area (TPSA) is 68.5 Å². The van der Waals surface area contributed by atoms with Gasteiger partial charge in [-0.25, -0.2) is 0 Å². The SMILES string of the molecule is COc1cc([C@@H](CC#N)N2CCNCC2)cc(Br)c1O.Cl.Cl. The van der Waals surface area contributed by atoms with E-state index >= 15 is 0 Å². The lowest BCUT2D eigenvalue weighted by Crippen LogP contribution is -2.45. The van der Waals surface area contributed by atoms with Crippen LogP contribution in [0.25, 0.3) is 0 Å². The van der Waals surface area contributed by atoms with E-state index in [-0.39, 0.29) is 36.6 Å². The van der Waals surface area contributed by atoms with E-state index < -0.39 is 0 Å². The molecule has 8 heteroatoms. The molecule has 2 rings (SSSR count). The van der Waals surface area contributed by atoms with Gasteiger partial charge >= 0.3 is 0 Å². The minimum Gasteiger partial charge on any atom is -0.503 e. The van der Waals surface area contributed by atoms with Crippen LogP contribution in [0.4, 0.5) is 0 Å². The zero-order valence-electron chi connectivity index (χ0n) is 12.2. The van der Waals surface area contributed by atoms with E-state index in [0.29, 0.717) is 16.6 Å². The third-order valence-electron chi connectivity index (χ3n) is 3.53. The molecule has 1 fully saturated rings. The highest BCUT2D eigenvalue weighted by Gasteiger charge is 2.24. The minimum absolute atomic E-state index is 0. The zero-order chi connectivity index (χ0) is 14.5. The fourth-order valence-electron chi connectivity index (χ4n) is 2.48. The van der Waals surface area contributed by atoms with Crippen LogP contribution in [0, 0.1) is 11.3 Å². The Bertz CT molecular complexity index is 520. The van der Waals surface area contributed by atoms with Gasteiger partial charge in [0.1, 0.15) is 0 Å². The van der Waals surface area contributed by atoms with Gasteiger partial charge in [-0.1, -0.05) is 0 Å². The van der Waals surface area contributed by atoms with Crippen LogP contribution < -0.4 is 10.1 Å². The van der Waals surface area contributed by atoms with Crippen molar-refractivity contribution >= 4 is 40.7 Å². The van der Waals surface area contributed by atoms with Crippen LogP contribution in [0.5, 0.6) is 11.5 Å². The first kappa shape index (κ1) is 21.3. The molecule has 0 bridgehead atoms. The van der Waals surface area contributed by atoms with Crippen LogP contribution in [0.1, 0.15) is 18.0 Å². The van der Waals surface area contributed by atoms with Gasteiger partial charge < -0.3 is 15.2 Å². The van der Waals surface area contributed by atoms with Crippen LogP contribution in [0.2, 0.25) is 0 Å². The molecule has 1 atom stereocenters. The van der Waals surface area contributed by atoms with Gasteiger partial charge in [0, 0.05) is 32.2 Å². The Morgan fingerprint density at radius 2 is 2.05 bits per heavy atom. The average Bonchev–Trinajstić information content (AvgIpc) is 2.48. The molecule has 0 saturated carbocycles. The third-order valence-corrected chi connectivity index (χ3v) is 4.14. The Labute approximate surface area is 151 Å². The number of nitrogens with one attached hydrogen (secondary N) is 1. The number of ether oxygens (including phenoxy) is 1. The lowest BCUT2D eigenvalue weighted by atomic mass is 10.0. The number of hydrogen-bond donors (Lipinski definition) is 2. The number of halogens is 3. The Balaban J connectivity index is 0.00000220. The summed E-state index contributed by atoms with van der Waals surface area (Å²) in [5, 5.41) is 22.3. The van der Waals surface area contributed by atoms with Gasteiger partial charge in [0.15, 0.2) is 11.5 Å². The van der Waals surface area contributed by atoms with Gasteiger partial charge in [0.05, 0.1) is 24.1 Å². The maximum atomic E-state index is 9.88. The molecule has 1 aliphatic heterocycles. The van der Waals surface area contributed by atoms with Gasteiger partial charge in [0.2, 0.25) is 0 Å².